The Kier molecular flexibility index (Phi) is 3.63. The summed E-state index contributed by atoms with van der Waals surface area (Å²) in [6.07, 6.45) is -2.79. The lowest BCUT2D eigenvalue weighted by Gasteiger charge is -2.05. The van der Waals surface area contributed by atoms with Crippen LogP contribution in [0.1, 0.15) is 11.3 Å². The van der Waals surface area contributed by atoms with E-state index < -0.39 is 11.7 Å². The van der Waals surface area contributed by atoms with Crippen molar-refractivity contribution >= 4 is 22.8 Å². The quantitative estimate of drug-likeness (QED) is 0.611. The highest BCUT2D eigenvalue weighted by Crippen LogP contribution is 2.30. The van der Waals surface area contributed by atoms with Crippen molar-refractivity contribution in [2.75, 3.05) is 0 Å². The van der Waals surface area contributed by atoms with Gasteiger partial charge in [-0.3, -0.25) is 4.99 Å². The third-order valence-electron chi connectivity index (χ3n) is 3.16. The fourth-order valence-corrected chi connectivity index (χ4v) is 2.03. The third-order valence-corrected chi connectivity index (χ3v) is 3.16. The van der Waals surface area contributed by atoms with E-state index in [1.54, 1.807) is 0 Å². The van der Waals surface area contributed by atoms with Crippen molar-refractivity contribution in [2.24, 2.45) is 4.99 Å². The molecule has 1 aromatic heterocycles. The summed E-state index contributed by atoms with van der Waals surface area (Å²) in [5, 5.41) is 1.02. The first-order valence-electron chi connectivity index (χ1n) is 6.59. The molecule has 22 heavy (non-hydrogen) atoms. The summed E-state index contributed by atoms with van der Waals surface area (Å²) in [4.78, 5) is 8.57. The Balaban J connectivity index is 1.83. The first-order chi connectivity index (χ1) is 10.5. The van der Waals surface area contributed by atoms with Crippen LogP contribution in [0.3, 0.4) is 0 Å². The summed E-state index contributed by atoms with van der Waals surface area (Å²) in [6, 6.07) is 16.1. The molecule has 0 atom stereocenters. The van der Waals surface area contributed by atoms with Crippen LogP contribution in [-0.2, 0) is 6.18 Å². The molecule has 0 saturated heterocycles. The monoisotopic (exact) mass is 300 g/mol. The van der Waals surface area contributed by atoms with Gasteiger partial charge in [-0.15, -0.1) is 0 Å². The largest absolute Gasteiger partial charge is 0.416 e. The van der Waals surface area contributed by atoms with E-state index in [0.717, 1.165) is 23.0 Å². The lowest BCUT2D eigenvalue weighted by Crippen LogP contribution is -2.03. The van der Waals surface area contributed by atoms with E-state index in [4.69, 9.17) is 0 Å². The molecule has 0 saturated carbocycles. The minimum atomic E-state index is -4.33. The Labute approximate surface area is 125 Å². The predicted molar refractivity (Wildman–Crippen MR) is 80.4 cm³/mol. The molecule has 1 heterocycles. The van der Waals surface area contributed by atoms with Crippen molar-refractivity contribution in [1.29, 1.82) is 0 Å². The molecular weight excluding hydrogens is 289 g/mol. The Morgan fingerprint density at radius 3 is 2.32 bits per heavy atom. The second kappa shape index (κ2) is 5.60. The SMILES string of the molecule is FC(F)(F)c1ccc(N=Cc2ccc3ccccc3n2)cc1. The highest BCUT2D eigenvalue weighted by Gasteiger charge is 2.29. The van der Waals surface area contributed by atoms with Crippen LogP contribution in [0, 0.1) is 0 Å². The first kappa shape index (κ1) is 14.3. The maximum Gasteiger partial charge on any atom is 0.416 e. The average molecular weight is 300 g/mol. The van der Waals surface area contributed by atoms with E-state index in [1.807, 2.05) is 36.4 Å². The van der Waals surface area contributed by atoms with Gasteiger partial charge in [0.25, 0.3) is 0 Å². The van der Waals surface area contributed by atoms with E-state index >= 15 is 0 Å². The van der Waals surface area contributed by atoms with Crippen LogP contribution in [0.4, 0.5) is 18.9 Å². The molecule has 0 spiro atoms. The molecule has 0 aliphatic rings. The zero-order valence-electron chi connectivity index (χ0n) is 11.4. The summed E-state index contributed by atoms with van der Waals surface area (Å²) < 4.78 is 37.4. The number of benzene rings is 2. The number of aliphatic imine (C=N–C) groups is 1. The van der Waals surface area contributed by atoms with Crippen LogP contribution in [0.2, 0.25) is 0 Å². The fourth-order valence-electron chi connectivity index (χ4n) is 2.03. The van der Waals surface area contributed by atoms with Gasteiger partial charge in [0.2, 0.25) is 0 Å². The van der Waals surface area contributed by atoms with Crippen LogP contribution < -0.4 is 0 Å². The zero-order chi connectivity index (χ0) is 15.6. The minimum Gasteiger partial charge on any atom is -0.255 e. The Bertz CT molecular complexity index is 821. The van der Waals surface area contributed by atoms with E-state index in [2.05, 4.69) is 9.98 Å². The zero-order valence-corrected chi connectivity index (χ0v) is 11.4. The fraction of sp³-hybridized carbons (Fsp3) is 0.0588. The van der Waals surface area contributed by atoms with Gasteiger partial charge in [0, 0.05) is 5.39 Å². The standard InChI is InChI=1S/C17H11F3N2/c18-17(19,20)13-6-9-14(10-7-13)21-11-15-8-5-12-3-1-2-4-16(12)22-15/h1-11H. The molecule has 2 aromatic carbocycles. The molecule has 3 aromatic rings. The molecule has 5 heteroatoms. The second-order valence-corrected chi connectivity index (χ2v) is 4.73. The Morgan fingerprint density at radius 1 is 0.864 bits per heavy atom. The van der Waals surface area contributed by atoms with Crippen LogP contribution in [0.25, 0.3) is 10.9 Å². The molecule has 0 unspecified atom stereocenters. The lowest BCUT2D eigenvalue weighted by atomic mass is 10.2. The predicted octanol–water partition coefficient (Wildman–Crippen LogP) is 5.00. The van der Waals surface area contributed by atoms with Gasteiger partial charge in [0.1, 0.15) is 0 Å². The number of hydrogen-bond acceptors (Lipinski definition) is 2. The maximum absolute atomic E-state index is 12.5. The number of fused-ring (bicyclic) bond motifs is 1. The van der Waals surface area contributed by atoms with Crippen molar-refractivity contribution in [3.63, 3.8) is 0 Å². The summed E-state index contributed by atoms with van der Waals surface area (Å²) in [5.74, 6) is 0. The summed E-state index contributed by atoms with van der Waals surface area (Å²) >= 11 is 0. The van der Waals surface area contributed by atoms with Gasteiger partial charge in [-0.1, -0.05) is 24.3 Å². The number of halogens is 3. The molecular formula is C17H11F3N2. The van der Waals surface area contributed by atoms with E-state index in [0.29, 0.717) is 11.4 Å². The molecule has 2 nitrogen and oxygen atoms in total. The van der Waals surface area contributed by atoms with Crippen molar-refractivity contribution in [3.05, 3.63) is 71.9 Å². The molecule has 110 valence electrons. The van der Waals surface area contributed by atoms with Gasteiger partial charge in [0.05, 0.1) is 28.7 Å². The van der Waals surface area contributed by atoms with Gasteiger partial charge in [0.15, 0.2) is 0 Å². The van der Waals surface area contributed by atoms with Crippen LogP contribution in [0.15, 0.2) is 65.7 Å². The number of alkyl halides is 3. The number of rotatable bonds is 2. The van der Waals surface area contributed by atoms with Crippen molar-refractivity contribution in [1.82, 2.24) is 4.98 Å². The molecule has 0 bridgehead atoms. The van der Waals surface area contributed by atoms with Crippen LogP contribution >= 0.6 is 0 Å². The van der Waals surface area contributed by atoms with Crippen molar-refractivity contribution in [3.8, 4) is 0 Å². The molecule has 0 amide bonds. The highest BCUT2D eigenvalue weighted by atomic mass is 19.4. The van der Waals surface area contributed by atoms with Crippen molar-refractivity contribution < 1.29 is 13.2 Å². The van der Waals surface area contributed by atoms with Gasteiger partial charge in [-0.05, 0) is 36.4 Å². The highest BCUT2D eigenvalue weighted by molar-refractivity contribution is 5.86. The molecule has 0 aliphatic carbocycles. The normalized spacial score (nSPS) is 12.1. The number of hydrogen-bond donors (Lipinski definition) is 0. The molecule has 0 aliphatic heterocycles. The number of nitrogens with zero attached hydrogens (tertiary/aromatic N) is 2. The first-order valence-corrected chi connectivity index (χ1v) is 6.59. The Hall–Kier alpha value is -2.69. The van der Waals surface area contributed by atoms with E-state index in [1.165, 1.54) is 18.3 Å². The number of pyridine rings is 1. The van der Waals surface area contributed by atoms with Gasteiger partial charge >= 0.3 is 6.18 Å². The molecule has 3 rings (SSSR count). The number of para-hydroxylation sites is 1. The van der Waals surface area contributed by atoms with Gasteiger partial charge in [-0.2, -0.15) is 13.2 Å². The van der Waals surface area contributed by atoms with E-state index in [9.17, 15) is 13.2 Å². The lowest BCUT2D eigenvalue weighted by molar-refractivity contribution is -0.137. The molecule has 0 N–H and O–H groups in total. The topological polar surface area (TPSA) is 25.2 Å². The summed E-state index contributed by atoms with van der Waals surface area (Å²) in [7, 11) is 0. The van der Waals surface area contributed by atoms with Crippen LogP contribution in [0.5, 0.6) is 0 Å². The summed E-state index contributed by atoms with van der Waals surface area (Å²) in [5.41, 5.74) is 1.26. The average Bonchev–Trinajstić information content (AvgIpc) is 2.52. The molecule has 0 radical (unpaired) electrons. The van der Waals surface area contributed by atoms with Gasteiger partial charge < -0.3 is 0 Å². The van der Waals surface area contributed by atoms with Crippen molar-refractivity contribution in [2.45, 2.75) is 6.18 Å². The van der Waals surface area contributed by atoms with Gasteiger partial charge in [-0.25, -0.2) is 4.98 Å². The second-order valence-electron chi connectivity index (χ2n) is 4.73. The third kappa shape index (κ3) is 3.14. The van der Waals surface area contributed by atoms with E-state index in [-0.39, 0.29) is 0 Å². The van der Waals surface area contributed by atoms with Crippen LogP contribution in [-0.4, -0.2) is 11.2 Å². The summed E-state index contributed by atoms with van der Waals surface area (Å²) in [6.45, 7) is 0. The maximum atomic E-state index is 12.5. The minimum absolute atomic E-state index is 0.447. The molecule has 0 fully saturated rings. The number of aromatic nitrogens is 1. The smallest absolute Gasteiger partial charge is 0.255 e. The Morgan fingerprint density at radius 2 is 1.59 bits per heavy atom.